The highest BCUT2D eigenvalue weighted by Gasteiger charge is 2.23. The van der Waals surface area contributed by atoms with Crippen LogP contribution in [-0.4, -0.2) is 29.1 Å². The Balaban J connectivity index is 2.21. The van der Waals surface area contributed by atoms with Gasteiger partial charge in [0.25, 0.3) is 5.56 Å². The number of ether oxygens (including phenoxy) is 2. The minimum atomic E-state index is -0.417. The molecule has 1 heterocycles. The van der Waals surface area contributed by atoms with E-state index in [2.05, 4.69) is 37.0 Å². The third kappa shape index (κ3) is 5.02. The van der Waals surface area contributed by atoms with Crippen LogP contribution >= 0.6 is 43.5 Å². The highest BCUT2D eigenvalue weighted by molar-refractivity contribution is 9.10. The van der Waals surface area contributed by atoms with Gasteiger partial charge in [-0.2, -0.15) is 9.78 Å². The first-order chi connectivity index (χ1) is 14.9. The first kappa shape index (κ1) is 24.7. The number of rotatable bonds is 5. The molecule has 0 atom stereocenters. The second-order valence-corrected chi connectivity index (χ2v) is 10.6. The van der Waals surface area contributed by atoms with Crippen LogP contribution in [0.1, 0.15) is 46.0 Å². The number of methoxy groups -OCH3 is 1. The lowest BCUT2D eigenvalue weighted by atomic mass is 9.95. The summed E-state index contributed by atoms with van der Waals surface area (Å²) in [5.41, 5.74) is 0.574. The summed E-state index contributed by atoms with van der Waals surface area (Å²) in [6.45, 7) is 9.77. The lowest BCUT2D eigenvalue weighted by molar-refractivity contribution is 0.230. The summed E-state index contributed by atoms with van der Waals surface area (Å²) in [4.78, 5) is 18.1. The zero-order valence-corrected chi connectivity index (χ0v) is 22.6. The second-order valence-electron chi connectivity index (χ2n) is 8.50. The van der Waals surface area contributed by atoms with Crippen LogP contribution in [0.3, 0.4) is 0 Å². The first-order valence-corrected chi connectivity index (χ1v) is 11.9. The van der Waals surface area contributed by atoms with Gasteiger partial charge in [0, 0.05) is 19.9 Å². The fraction of sp³-hybridized carbons (Fsp3) is 0.348. The van der Waals surface area contributed by atoms with E-state index in [-0.39, 0.29) is 11.7 Å². The van der Waals surface area contributed by atoms with Gasteiger partial charge in [-0.25, -0.2) is 4.98 Å². The molecule has 32 heavy (non-hydrogen) atoms. The molecule has 0 spiro atoms. The standard InChI is InChI=1S/C23H24Br2ClN3O3/c1-12(2)32-20-17(31-6)9-13(18(25)19(20)26)11-27-29-21(30)15-10-14(24)7-8-16(15)28-22(29)23(3,4)5/h7-12H,1-6H3. The number of hydrogen-bond acceptors (Lipinski definition) is 5. The summed E-state index contributed by atoms with van der Waals surface area (Å²) in [7, 11) is 1.54. The van der Waals surface area contributed by atoms with E-state index in [0.717, 1.165) is 4.47 Å². The number of hydrogen-bond donors (Lipinski definition) is 0. The Morgan fingerprint density at radius 1 is 1.22 bits per heavy atom. The average molecular weight is 586 g/mol. The van der Waals surface area contributed by atoms with Crippen LogP contribution in [-0.2, 0) is 5.41 Å². The van der Waals surface area contributed by atoms with Crippen LogP contribution in [0.4, 0.5) is 0 Å². The lowest BCUT2D eigenvalue weighted by Crippen LogP contribution is -2.29. The number of nitrogens with zero attached hydrogens (tertiary/aromatic N) is 3. The zero-order chi connectivity index (χ0) is 23.8. The summed E-state index contributed by atoms with van der Waals surface area (Å²) in [6.07, 6.45) is 1.48. The molecule has 3 rings (SSSR count). The van der Waals surface area contributed by atoms with Crippen molar-refractivity contribution in [3.8, 4) is 11.5 Å². The van der Waals surface area contributed by atoms with Gasteiger partial charge in [-0.05, 0) is 54.0 Å². The minimum absolute atomic E-state index is 0.0799. The Labute approximate surface area is 208 Å². The maximum absolute atomic E-state index is 13.3. The van der Waals surface area contributed by atoms with E-state index in [1.54, 1.807) is 25.5 Å². The molecule has 0 saturated carbocycles. The van der Waals surface area contributed by atoms with Gasteiger partial charge < -0.3 is 9.47 Å². The van der Waals surface area contributed by atoms with Crippen LogP contribution in [0.15, 0.2) is 43.1 Å². The van der Waals surface area contributed by atoms with E-state index in [0.29, 0.717) is 43.3 Å². The van der Waals surface area contributed by atoms with Crippen LogP contribution < -0.4 is 15.0 Å². The predicted molar refractivity (Wildman–Crippen MR) is 137 cm³/mol. The summed E-state index contributed by atoms with van der Waals surface area (Å²) < 4.78 is 14.0. The van der Waals surface area contributed by atoms with E-state index in [9.17, 15) is 4.79 Å². The van der Waals surface area contributed by atoms with E-state index in [4.69, 9.17) is 26.1 Å². The Hall–Kier alpha value is -1.90. The van der Waals surface area contributed by atoms with Crippen molar-refractivity contribution in [3.05, 3.63) is 60.0 Å². The Bertz CT molecular complexity index is 1260. The number of halogens is 3. The van der Waals surface area contributed by atoms with Crippen molar-refractivity contribution in [3.63, 3.8) is 0 Å². The molecule has 170 valence electrons. The molecule has 0 aliphatic rings. The van der Waals surface area contributed by atoms with E-state index >= 15 is 0 Å². The molecular formula is C23H24Br2ClN3O3. The highest BCUT2D eigenvalue weighted by atomic mass is 79.9. The molecule has 0 saturated heterocycles. The Morgan fingerprint density at radius 2 is 1.91 bits per heavy atom. The van der Waals surface area contributed by atoms with Gasteiger partial charge in [-0.3, -0.25) is 4.79 Å². The number of fused-ring (bicyclic) bond motifs is 1. The van der Waals surface area contributed by atoms with Crippen LogP contribution in [0.2, 0.25) is 5.02 Å². The molecule has 0 aliphatic heterocycles. The van der Waals surface area contributed by atoms with Gasteiger partial charge >= 0.3 is 0 Å². The monoisotopic (exact) mass is 583 g/mol. The SMILES string of the molecule is COc1cc(C=Nn2c(C(C)(C)C)nc3ccc(Br)cc3c2=O)c(Br)c(Cl)c1OC(C)C. The molecular weight excluding hydrogens is 562 g/mol. The van der Waals surface area contributed by atoms with Crippen molar-refractivity contribution >= 4 is 60.6 Å². The van der Waals surface area contributed by atoms with Gasteiger partial charge in [0.15, 0.2) is 11.5 Å². The van der Waals surface area contributed by atoms with Gasteiger partial charge in [-0.1, -0.05) is 48.3 Å². The van der Waals surface area contributed by atoms with Crippen LogP contribution in [0.25, 0.3) is 10.9 Å². The normalized spacial score (nSPS) is 12.2. The summed E-state index contributed by atoms with van der Waals surface area (Å²) in [5, 5.41) is 5.34. The Kier molecular flexibility index (Phi) is 7.37. The van der Waals surface area contributed by atoms with Gasteiger partial charge in [0.05, 0.1) is 30.3 Å². The molecule has 3 aromatic rings. The van der Waals surface area contributed by atoms with Gasteiger partial charge in [0.2, 0.25) is 0 Å². The third-order valence-corrected chi connectivity index (χ3v) is 6.46. The van der Waals surface area contributed by atoms with E-state index in [1.165, 1.54) is 4.68 Å². The molecule has 0 amide bonds. The van der Waals surface area contributed by atoms with Crippen LogP contribution in [0.5, 0.6) is 11.5 Å². The molecule has 0 unspecified atom stereocenters. The van der Waals surface area contributed by atoms with Gasteiger partial charge in [0.1, 0.15) is 10.8 Å². The molecule has 0 radical (unpaired) electrons. The summed E-state index contributed by atoms with van der Waals surface area (Å²) >= 11 is 13.5. The largest absolute Gasteiger partial charge is 0.493 e. The molecule has 0 N–H and O–H groups in total. The molecule has 2 aromatic carbocycles. The minimum Gasteiger partial charge on any atom is -0.493 e. The fourth-order valence-electron chi connectivity index (χ4n) is 3.06. The Morgan fingerprint density at radius 3 is 2.50 bits per heavy atom. The first-order valence-electron chi connectivity index (χ1n) is 9.93. The van der Waals surface area contributed by atoms with E-state index in [1.807, 2.05) is 46.8 Å². The lowest BCUT2D eigenvalue weighted by Gasteiger charge is -2.21. The molecule has 0 bridgehead atoms. The zero-order valence-electron chi connectivity index (χ0n) is 18.7. The fourth-order valence-corrected chi connectivity index (χ4v) is 4.06. The van der Waals surface area contributed by atoms with Crippen molar-refractivity contribution in [2.24, 2.45) is 5.10 Å². The molecule has 0 aliphatic carbocycles. The quantitative estimate of drug-likeness (QED) is 0.319. The average Bonchev–Trinajstić information content (AvgIpc) is 2.71. The summed E-state index contributed by atoms with van der Waals surface area (Å²) in [5.74, 6) is 1.46. The van der Waals surface area contributed by atoms with Gasteiger partial charge in [-0.15, -0.1) is 0 Å². The predicted octanol–water partition coefficient (Wildman–Crippen LogP) is 6.55. The second kappa shape index (κ2) is 9.53. The molecule has 9 heteroatoms. The highest BCUT2D eigenvalue weighted by Crippen LogP contribution is 2.42. The third-order valence-electron chi connectivity index (χ3n) is 4.52. The maximum Gasteiger partial charge on any atom is 0.282 e. The molecule has 1 aromatic heterocycles. The van der Waals surface area contributed by atoms with E-state index < -0.39 is 5.41 Å². The number of benzene rings is 2. The maximum atomic E-state index is 13.3. The van der Waals surface area contributed by atoms with Crippen LogP contribution in [0, 0.1) is 0 Å². The smallest absolute Gasteiger partial charge is 0.282 e. The topological polar surface area (TPSA) is 65.7 Å². The molecule has 6 nitrogen and oxygen atoms in total. The van der Waals surface area contributed by atoms with Crippen molar-refractivity contribution in [1.82, 2.24) is 9.66 Å². The number of aromatic nitrogens is 2. The summed E-state index contributed by atoms with van der Waals surface area (Å²) in [6, 6.07) is 7.18. The van der Waals surface area contributed by atoms with Crippen molar-refractivity contribution in [2.45, 2.75) is 46.1 Å². The van der Waals surface area contributed by atoms with Crippen molar-refractivity contribution < 1.29 is 9.47 Å². The van der Waals surface area contributed by atoms with Crippen molar-refractivity contribution in [1.29, 1.82) is 0 Å². The van der Waals surface area contributed by atoms with Crippen molar-refractivity contribution in [2.75, 3.05) is 7.11 Å². The molecule has 0 fully saturated rings.